The number of non-ortho nitro benzene ring substituents is 1. The number of carbonyl (C=O) groups is 1. The number of nitrogens with zero attached hydrogens (tertiary/aromatic N) is 1. The summed E-state index contributed by atoms with van der Waals surface area (Å²) in [4.78, 5) is 22.7. The molecular weight excluding hydrogens is 366 g/mol. The number of nitro groups is 1. The second kappa shape index (κ2) is 7.55. The monoisotopic (exact) mass is 373 g/mol. The third-order valence-electron chi connectivity index (χ3n) is 2.22. The molecule has 0 amide bonds. The Morgan fingerprint density at radius 2 is 2.05 bits per heavy atom. The molecule has 2 rings (SSSR count). The highest BCUT2D eigenvalue weighted by atomic mass is 79.9. The fourth-order valence-electron chi connectivity index (χ4n) is 1.21. The summed E-state index contributed by atoms with van der Waals surface area (Å²) in [7, 11) is 0. The van der Waals surface area contributed by atoms with E-state index in [0.29, 0.717) is 5.82 Å². The van der Waals surface area contributed by atoms with E-state index < -0.39 is 10.9 Å². The molecule has 3 N–H and O–H groups in total. The third-order valence-corrected chi connectivity index (χ3v) is 3.22. The van der Waals surface area contributed by atoms with Gasteiger partial charge in [-0.15, -0.1) is 0 Å². The number of carbonyl (C=O) groups excluding carboxylic acids is 1. The van der Waals surface area contributed by atoms with Crippen LogP contribution in [0.15, 0.2) is 41.0 Å². The number of carboxylic acids is 1. The highest BCUT2D eigenvalue weighted by Crippen LogP contribution is 2.21. The number of halogens is 2. The van der Waals surface area contributed by atoms with Crippen molar-refractivity contribution in [3.63, 3.8) is 0 Å². The summed E-state index contributed by atoms with van der Waals surface area (Å²) >= 11 is 8.68. The number of nitro benzene ring substituents is 1. The Morgan fingerprint density at radius 1 is 1.38 bits per heavy atom. The second-order valence-electron chi connectivity index (χ2n) is 3.64. The van der Waals surface area contributed by atoms with Crippen LogP contribution >= 0.6 is 27.5 Å². The zero-order valence-corrected chi connectivity index (χ0v) is 12.7. The lowest BCUT2D eigenvalue weighted by Crippen LogP contribution is -2.22. The number of pyridine rings is 1. The van der Waals surface area contributed by atoms with Crippen LogP contribution in [0.1, 0.15) is 10.4 Å². The van der Waals surface area contributed by atoms with Gasteiger partial charge in [0.2, 0.25) is 0 Å². The molecule has 0 aliphatic carbocycles. The normalized spacial score (nSPS) is 9.43. The SMILES string of the molecule is Nc1[nH+]cccc1Br.O=C([O-])c1ccc([N+](=O)[O-])cc1Cl. The number of benzene rings is 1. The molecule has 0 fully saturated rings. The molecule has 110 valence electrons. The van der Waals surface area contributed by atoms with Crippen molar-refractivity contribution in [2.45, 2.75) is 0 Å². The molecule has 0 unspecified atom stereocenters. The predicted octanol–water partition coefficient (Wildman–Crippen LogP) is 1.46. The van der Waals surface area contributed by atoms with E-state index in [0.717, 1.165) is 22.7 Å². The largest absolute Gasteiger partial charge is 0.545 e. The summed E-state index contributed by atoms with van der Waals surface area (Å²) in [6, 6.07) is 6.81. The van der Waals surface area contributed by atoms with Crippen molar-refractivity contribution >= 4 is 45.0 Å². The number of H-pyrrole nitrogens is 1. The molecule has 21 heavy (non-hydrogen) atoms. The summed E-state index contributed by atoms with van der Waals surface area (Å²) < 4.78 is 0.903. The van der Waals surface area contributed by atoms with Crippen LogP contribution in [0.25, 0.3) is 0 Å². The predicted molar refractivity (Wildman–Crippen MR) is 77.5 cm³/mol. The lowest BCUT2D eigenvalue weighted by atomic mass is 10.2. The van der Waals surface area contributed by atoms with E-state index in [2.05, 4.69) is 20.9 Å². The number of hydrogen-bond donors (Lipinski definition) is 1. The number of aromatic carboxylic acids is 1. The first kappa shape index (κ1) is 16.9. The number of nitrogen functional groups attached to an aromatic ring is 1. The smallest absolute Gasteiger partial charge is 0.284 e. The average molecular weight is 375 g/mol. The summed E-state index contributed by atoms with van der Waals surface area (Å²) in [6.45, 7) is 0. The number of rotatable bonds is 2. The molecule has 0 bridgehead atoms. The van der Waals surface area contributed by atoms with Crippen molar-refractivity contribution in [1.29, 1.82) is 0 Å². The Hall–Kier alpha value is -2.19. The van der Waals surface area contributed by atoms with Crippen LogP contribution in [-0.4, -0.2) is 10.9 Å². The van der Waals surface area contributed by atoms with Gasteiger partial charge in [-0.05, 0) is 34.1 Å². The lowest BCUT2D eigenvalue weighted by Gasteiger charge is -2.03. The first-order valence-corrected chi connectivity index (χ1v) is 6.57. The number of nitrogens with two attached hydrogens (primary N) is 1. The molecule has 0 atom stereocenters. The fraction of sp³-hybridized carbons (Fsp3) is 0. The van der Waals surface area contributed by atoms with Crippen LogP contribution in [0.2, 0.25) is 5.02 Å². The van der Waals surface area contributed by atoms with Crippen molar-refractivity contribution in [3.05, 3.63) is 61.7 Å². The van der Waals surface area contributed by atoms with Gasteiger partial charge in [0.15, 0.2) is 0 Å². The molecular formula is C12H9BrClN3O4. The summed E-state index contributed by atoms with van der Waals surface area (Å²) in [5, 5.41) is 20.4. The van der Waals surface area contributed by atoms with Gasteiger partial charge >= 0.3 is 0 Å². The van der Waals surface area contributed by atoms with Crippen LogP contribution in [0.4, 0.5) is 11.5 Å². The highest BCUT2D eigenvalue weighted by Gasteiger charge is 2.09. The minimum atomic E-state index is -1.46. The summed E-state index contributed by atoms with van der Waals surface area (Å²) in [5.41, 5.74) is 4.91. The molecule has 0 spiro atoms. The molecule has 0 radical (unpaired) electrons. The van der Waals surface area contributed by atoms with Crippen LogP contribution in [-0.2, 0) is 0 Å². The van der Waals surface area contributed by atoms with E-state index in [9.17, 15) is 20.0 Å². The quantitative estimate of drug-likeness (QED) is 0.629. The molecule has 2 aromatic rings. The van der Waals surface area contributed by atoms with Crippen molar-refractivity contribution in [2.24, 2.45) is 0 Å². The van der Waals surface area contributed by atoms with E-state index in [1.54, 1.807) is 6.20 Å². The van der Waals surface area contributed by atoms with Crippen LogP contribution in [0.5, 0.6) is 0 Å². The molecule has 9 heteroatoms. The zero-order valence-electron chi connectivity index (χ0n) is 10.4. The Kier molecular flexibility index (Phi) is 6.07. The van der Waals surface area contributed by atoms with Gasteiger partial charge in [0, 0.05) is 17.7 Å². The fourth-order valence-corrected chi connectivity index (χ4v) is 1.73. The number of carboxylic acid groups (broad SMARTS) is 1. The number of aromatic amines is 1. The van der Waals surface area contributed by atoms with E-state index >= 15 is 0 Å². The minimum Gasteiger partial charge on any atom is -0.545 e. The van der Waals surface area contributed by atoms with Crippen molar-refractivity contribution < 1.29 is 19.8 Å². The number of nitrogens with one attached hydrogen (secondary N) is 1. The van der Waals surface area contributed by atoms with E-state index in [1.807, 2.05) is 12.1 Å². The molecule has 0 aliphatic heterocycles. The second-order valence-corrected chi connectivity index (χ2v) is 4.90. The van der Waals surface area contributed by atoms with E-state index in [-0.39, 0.29) is 16.3 Å². The van der Waals surface area contributed by atoms with Gasteiger partial charge in [-0.3, -0.25) is 15.8 Å². The molecule has 1 aromatic heterocycles. The Morgan fingerprint density at radius 3 is 2.43 bits per heavy atom. The van der Waals surface area contributed by atoms with Gasteiger partial charge in [0.1, 0.15) is 4.47 Å². The average Bonchev–Trinajstić information content (AvgIpc) is 2.42. The molecule has 7 nitrogen and oxygen atoms in total. The van der Waals surface area contributed by atoms with Crippen LogP contribution in [0, 0.1) is 10.1 Å². The minimum absolute atomic E-state index is 0.200. The van der Waals surface area contributed by atoms with E-state index in [1.165, 1.54) is 0 Å². The van der Waals surface area contributed by atoms with E-state index in [4.69, 9.17) is 17.3 Å². The standard InChI is InChI=1S/C7H4ClNO4.C5H5BrN2/c8-6-3-4(9(12)13)1-2-5(6)7(10)11;6-4-2-1-3-8-5(4)7/h1-3H,(H,10,11);1-3H,(H2,7,8). The van der Waals surface area contributed by atoms with Gasteiger partial charge in [0.25, 0.3) is 11.5 Å². The van der Waals surface area contributed by atoms with Crippen molar-refractivity contribution in [3.8, 4) is 0 Å². The van der Waals surface area contributed by atoms with Gasteiger partial charge < -0.3 is 9.90 Å². The maximum absolute atomic E-state index is 10.3. The Labute approximate surface area is 132 Å². The Balaban J connectivity index is 0.000000235. The molecule has 1 aromatic carbocycles. The first-order valence-electron chi connectivity index (χ1n) is 5.40. The van der Waals surface area contributed by atoms with Crippen molar-refractivity contribution in [1.82, 2.24) is 0 Å². The lowest BCUT2D eigenvalue weighted by molar-refractivity contribution is -0.384. The van der Waals surface area contributed by atoms with Crippen LogP contribution < -0.4 is 15.8 Å². The maximum Gasteiger partial charge on any atom is 0.284 e. The van der Waals surface area contributed by atoms with Gasteiger partial charge in [0.05, 0.1) is 22.1 Å². The number of hydrogen-bond acceptors (Lipinski definition) is 5. The molecule has 1 heterocycles. The van der Waals surface area contributed by atoms with Crippen molar-refractivity contribution in [2.75, 3.05) is 5.73 Å². The third kappa shape index (κ3) is 5.01. The molecule has 0 aliphatic rings. The molecule has 0 saturated heterocycles. The zero-order chi connectivity index (χ0) is 16.0. The summed E-state index contributed by atoms with van der Waals surface area (Å²) in [5.74, 6) is -0.799. The highest BCUT2D eigenvalue weighted by molar-refractivity contribution is 9.10. The summed E-state index contributed by atoms with van der Waals surface area (Å²) in [6.07, 6.45) is 1.78. The van der Waals surface area contributed by atoms with Crippen LogP contribution in [0.3, 0.4) is 0 Å². The number of anilines is 1. The topological polar surface area (TPSA) is 123 Å². The maximum atomic E-state index is 10.3. The number of aromatic nitrogens is 1. The van der Waals surface area contributed by atoms with Gasteiger partial charge in [-0.2, -0.15) is 0 Å². The molecule has 0 saturated carbocycles. The van der Waals surface area contributed by atoms with Gasteiger partial charge in [-0.25, -0.2) is 4.98 Å². The van der Waals surface area contributed by atoms with Gasteiger partial charge in [-0.1, -0.05) is 11.6 Å². The Bertz CT molecular complexity index is 660. The first-order chi connectivity index (χ1) is 9.82.